The number of hydrogen-bond donors (Lipinski definition) is 3. The highest BCUT2D eigenvalue weighted by atomic mass is 35.5. The van der Waals surface area contributed by atoms with Gasteiger partial charge in [0.25, 0.3) is 23.3 Å². The van der Waals surface area contributed by atoms with Gasteiger partial charge in [-0.1, -0.05) is 24.6 Å². The number of amides is 5. The number of halogens is 1. The van der Waals surface area contributed by atoms with Gasteiger partial charge in [0.2, 0.25) is 17.8 Å². The van der Waals surface area contributed by atoms with E-state index in [-0.39, 0.29) is 66.1 Å². The topological polar surface area (TPSA) is 194 Å². The highest BCUT2D eigenvalue weighted by Crippen LogP contribution is 2.35. The summed E-state index contributed by atoms with van der Waals surface area (Å²) in [5.74, 6) is -1.49. The minimum absolute atomic E-state index is 0.0276. The number of ether oxygens (including phenoxy) is 2. The quantitative estimate of drug-likeness (QED) is 0.178. The van der Waals surface area contributed by atoms with E-state index in [0.29, 0.717) is 53.0 Å². The van der Waals surface area contributed by atoms with Crippen LogP contribution in [0.3, 0.4) is 0 Å². The van der Waals surface area contributed by atoms with E-state index in [4.69, 9.17) is 26.1 Å². The lowest BCUT2D eigenvalue weighted by atomic mass is 9.99. The van der Waals surface area contributed by atoms with Crippen molar-refractivity contribution in [1.29, 1.82) is 0 Å². The molecule has 3 N–H and O–H groups in total. The highest BCUT2D eigenvalue weighted by molar-refractivity contribution is 6.33. The lowest BCUT2D eigenvalue weighted by molar-refractivity contribution is -0.136. The van der Waals surface area contributed by atoms with Crippen molar-refractivity contribution >= 4 is 69.5 Å². The fourth-order valence-corrected chi connectivity index (χ4v) is 7.27. The Kier molecular flexibility index (Phi) is 10.7. The SMILES string of the molecule is CCCn1c(=O)c(OCC(=O)NC)cc2cc(Nc3nc(N4CCC[C@H](COc5cccc6c5C(=O)N(C5CCC(=O)NC5=O)C6=O)C4)ncc3Cl)ccc21. The molecule has 5 amide bonds. The van der Waals surface area contributed by atoms with Crippen molar-refractivity contribution in [2.75, 3.05) is 43.6 Å². The van der Waals surface area contributed by atoms with Crippen molar-refractivity contribution in [2.45, 2.75) is 51.6 Å². The van der Waals surface area contributed by atoms with Crippen LogP contribution in [0.5, 0.6) is 11.5 Å². The molecule has 3 aliphatic rings. The van der Waals surface area contributed by atoms with Crippen LogP contribution >= 0.6 is 11.6 Å². The maximum absolute atomic E-state index is 13.5. The highest BCUT2D eigenvalue weighted by Gasteiger charge is 2.46. The van der Waals surface area contributed by atoms with Crippen LogP contribution in [0.2, 0.25) is 5.02 Å². The maximum Gasteiger partial charge on any atom is 0.293 e. The zero-order valence-corrected chi connectivity index (χ0v) is 31.0. The summed E-state index contributed by atoms with van der Waals surface area (Å²) in [7, 11) is 1.49. The number of nitrogens with zero attached hydrogens (tertiary/aromatic N) is 5. The Labute approximate surface area is 320 Å². The molecular formula is C38H39ClN8O8. The van der Waals surface area contributed by atoms with E-state index in [1.165, 1.54) is 19.3 Å². The molecule has 5 heterocycles. The van der Waals surface area contributed by atoms with Crippen molar-refractivity contribution in [3.63, 3.8) is 0 Å². The van der Waals surface area contributed by atoms with Crippen LogP contribution in [0.4, 0.5) is 17.5 Å². The van der Waals surface area contributed by atoms with Crippen molar-refractivity contribution in [3.8, 4) is 11.5 Å². The molecule has 3 aliphatic heterocycles. The number of likely N-dealkylation sites (N-methyl/N-ethyl adjacent to an activating group) is 1. The van der Waals surface area contributed by atoms with Gasteiger partial charge in [0.15, 0.2) is 18.2 Å². The standard InChI is InChI=1S/C38H39ClN8O8/c1-3-13-46-26-10-9-23(15-22(26)16-29(36(46)52)55-20-31(49)40-2)42-33-25(39)17-41-38(44-33)45-14-5-6-21(18-45)19-54-28-8-4-7-24-32(28)37(53)47(35(24)51)27-11-12-30(48)43-34(27)50/h4,7-10,15-17,21,27H,3,5-6,11-14,18-20H2,1-2H3,(H,40,49)(H,41,42,44)(H,43,48,50)/t21-,27?/m0/s1. The largest absolute Gasteiger partial charge is 0.492 e. The number of pyridine rings is 1. The first-order chi connectivity index (χ1) is 26.6. The Hall–Kier alpha value is -6.03. The predicted molar refractivity (Wildman–Crippen MR) is 202 cm³/mol. The number of rotatable bonds is 12. The molecule has 1 unspecified atom stereocenters. The van der Waals surface area contributed by atoms with Crippen LogP contribution in [-0.2, 0) is 20.9 Å². The fraction of sp³-hybridized carbons (Fsp3) is 0.368. The van der Waals surface area contributed by atoms with Gasteiger partial charge in [-0.3, -0.25) is 39.0 Å². The molecular weight excluding hydrogens is 732 g/mol. The molecule has 4 aromatic rings. The minimum atomic E-state index is -1.07. The molecule has 0 aliphatic carbocycles. The predicted octanol–water partition coefficient (Wildman–Crippen LogP) is 3.42. The van der Waals surface area contributed by atoms with E-state index in [2.05, 4.69) is 20.9 Å². The molecule has 0 bridgehead atoms. The molecule has 2 saturated heterocycles. The molecule has 16 nitrogen and oxygen atoms in total. The fourth-order valence-electron chi connectivity index (χ4n) is 7.13. The van der Waals surface area contributed by atoms with Crippen LogP contribution < -0.4 is 35.9 Å². The van der Waals surface area contributed by atoms with Gasteiger partial charge in [0.05, 0.1) is 29.4 Å². The number of aryl methyl sites for hydroxylation is 1. The number of nitrogens with one attached hydrogen (secondary N) is 3. The third-order valence-electron chi connectivity index (χ3n) is 9.85. The molecule has 0 saturated carbocycles. The van der Waals surface area contributed by atoms with E-state index in [0.717, 1.165) is 24.2 Å². The summed E-state index contributed by atoms with van der Waals surface area (Å²) in [6, 6.07) is 10.9. The van der Waals surface area contributed by atoms with Gasteiger partial charge < -0.3 is 29.6 Å². The Bertz CT molecular complexity index is 2280. The molecule has 17 heteroatoms. The Balaban J connectivity index is 1.05. The van der Waals surface area contributed by atoms with E-state index in [1.54, 1.807) is 22.8 Å². The van der Waals surface area contributed by atoms with Crippen LogP contribution in [0.15, 0.2) is 53.5 Å². The van der Waals surface area contributed by atoms with Crippen molar-refractivity contribution in [3.05, 3.63) is 75.2 Å². The maximum atomic E-state index is 13.5. The summed E-state index contributed by atoms with van der Waals surface area (Å²) in [6.45, 7) is 3.64. The molecule has 55 heavy (non-hydrogen) atoms. The number of imide groups is 2. The van der Waals surface area contributed by atoms with E-state index in [9.17, 15) is 28.8 Å². The number of carbonyl (C=O) groups excluding carboxylic acids is 5. The smallest absolute Gasteiger partial charge is 0.293 e. The average Bonchev–Trinajstić information content (AvgIpc) is 3.44. The van der Waals surface area contributed by atoms with Gasteiger partial charge in [-0.2, -0.15) is 4.98 Å². The second-order valence-corrected chi connectivity index (χ2v) is 14.0. The molecule has 0 spiro atoms. The Morgan fingerprint density at radius 3 is 2.65 bits per heavy atom. The number of fused-ring (bicyclic) bond motifs is 2. The summed E-state index contributed by atoms with van der Waals surface area (Å²) in [5, 5.41) is 8.99. The van der Waals surface area contributed by atoms with E-state index < -0.39 is 29.7 Å². The number of benzene rings is 2. The van der Waals surface area contributed by atoms with Crippen LogP contribution in [0.25, 0.3) is 10.9 Å². The first kappa shape index (κ1) is 37.3. The zero-order valence-electron chi connectivity index (χ0n) is 30.2. The molecule has 2 aromatic carbocycles. The summed E-state index contributed by atoms with van der Waals surface area (Å²) >= 11 is 6.57. The van der Waals surface area contributed by atoms with Gasteiger partial charge in [-0.15, -0.1) is 0 Å². The summed E-state index contributed by atoms with van der Waals surface area (Å²) in [6.07, 6.45) is 4.01. The van der Waals surface area contributed by atoms with Crippen molar-refractivity contribution < 1.29 is 33.4 Å². The minimum Gasteiger partial charge on any atom is -0.492 e. The van der Waals surface area contributed by atoms with Gasteiger partial charge in [0.1, 0.15) is 16.8 Å². The Morgan fingerprint density at radius 1 is 1.04 bits per heavy atom. The average molecular weight is 771 g/mol. The van der Waals surface area contributed by atoms with Gasteiger partial charge in [-0.25, -0.2) is 4.98 Å². The monoisotopic (exact) mass is 770 g/mol. The van der Waals surface area contributed by atoms with E-state index >= 15 is 0 Å². The first-order valence-corrected chi connectivity index (χ1v) is 18.5. The van der Waals surface area contributed by atoms with Gasteiger partial charge >= 0.3 is 0 Å². The molecule has 0 radical (unpaired) electrons. The number of hydrogen-bond acceptors (Lipinski definition) is 12. The number of piperidine rings is 2. The molecule has 286 valence electrons. The van der Waals surface area contributed by atoms with Crippen LogP contribution in [0.1, 0.15) is 59.7 Å². The second-order valence-electron chi connectivity index (χ2n) is 13.6. The zero-order chi connectivity index (χ0) is 38.8. The third kappa shape index (κ3) is 7.54. The second kappa shape index (κ2) is 15.8. The lowest BCUT2D eigenvalue weighted by Gasteiger charge is -2.33. The number of aromatic nitrogens is 3. The molecule has 7 rings (SSSR count). The van der Waals surface area contributed by atoms with Crippen LogP contribution in [0, 0.1) is 5.92 Å². The lowest BCUT2D eigenvalue weighted by Crippen LogP contribution is -2.54. The summed E-state index contributed by atoms with van der Waals surface area (Å²) in [4.78, 5) is 88.1. The first-order valence-electron chi connectivity index (χ1n) is 18.1. The summed E-state index contributed by atoms with van der Waals surface area (Å²) in [5.41, 5.74) is 1.31. The number of anilines is 3. The van der Waals surface area contributed by atoms with Crippen LogP contribution in [-0.4, -0.2) is 88.4 Å². The summed E-state index contributed by atoms with van der Waals surface area (Å²) < 4.78 is 13.4. The van der Waals surface area contributed by atoms with Crippen molar-refractivity contribution in [2.24, 2.45) is 5.92 Å². The van der Waals surface area contributed by atoms with Gasteiger partial charge in [-0.05, 0) is 62.1 Å². The van der Waals surface area contributed by atoms with E-state index in [1.807, 2.05) is 30.0 Å². The van der Waals surface area contributed by atoms with Gasteiger partial charge in [0, 0.05) is 50.1 Å². The molecule has 2 atom stereocenters. The number of carbonyl (C=O) groups is 5. The Morgan fingerprint density at radius 2 is 1.87 bits per heavy atom. The normalized spacial score (nSPS) is 18.3. The molecule has 2 fully saturated rings. The molecule has 2 aromatic heterocycles. The third-order valence-corrected chi connectivity index (χ3v) is 10.1. The van der Waals surface area contributed by atoms with Crippen molar-refractivity contribution in [1.82, 2.24) is 30.1 Å².